The van der Waals surface area contributed by atoms with E-state index in [4.69, 9.17) is 0 Å². The van der Waals surface area contributed by atoms with Gasteiger partial charge in [-0.3, -0.25) is 9.59 Å². The first kappa shape index (κ1) is 14.3. The summed E-state index contributed by atoms with van der Waals surface area (Å²) in [5.41, 5.74) is 3.03. The third kappa shape index (κ3) is 3.07. The van der Waals surface area contributed by atoms with Crippen LogP contribution >= 0.6 is 0 Å². The van der Waals surface area contributed by atoms with Crippen LogP contribution in [0.1, 0.15) is 17.5 Å². The zero-order valence-corrected chi connectivity index (χ0v) is 11.9. The van der Waals surface area contributed by atoms with Gasteiger partial charge >= 0.3 is 0 Å². The van der Waals surface area contributed by atoms with E-state index < -0.39 is 0 Å². The molecule has 4 heteroatoms. The van der Waals surface area contributed by atoms with Gasteiger partial charge in [0, 0.05) is 12.2 Å². The van der Waals surface area contributed by atoms with Gasteiger partial charge in [-0.1, -0.05) is 18.2 Å². The molecule has 2 N–H and O–H groups in total. The summed E-state index contributed by atoms with van der Waals surface area (Å²) in [6.07, 6.45) is 2.26. The molecular weight excluding hydrogens is 252 g/mol. The molecule has 1 aliphatic carbocycles. The third-order valence-electron chi connectivity index (χ3n) is 3.75. The molecule has 0 heterocycles. The summed E-state index contributed by atoms with van der Waals surface area (Å²) in [6, 6.07) is 5.81. The van der Waals surface area contributed by atoms with Crippen molar-refractivity contribution < 1.29 is 9.59 Å². The van der Waals surface area contributed by atoms with E-state index in [0.29, 0.717) is 13.0 Å². The summed E-state index contributed by atoms with van der Waals surface area (Å²) in [5.74, 6) is -0.539. The van der Waals surface area contributed by atoms with E-state index in [1.807, 2.05) is 32.0 Å². The van der Waals surface area contributed by atoms with Gasteiger partial charge in [-0.2, -0.15) is 0 Å². The maximum atomic E-state index is 12.1. The predicted octanol–water partition coefficient (Wildman–Crippen LogP) is 2.18. The van der Waals surface area contributed by atoms with Crippen molar-refractivity contribution in [3.63, 3.8) is 0 Å². The minimum absolute atomic E-state index is 0.0639. The Kier molecular flexibility index (Phi) is 4.23. The van der Waals surface area contributed by atoms with Crippen LogP contribution in [0.25, 0.3) is 0 Å². The lowest BCUT2D eigenvalue weighted by Crippen LogP contribution is -2.27. The largest absolute Gasteiger partial charge is 0.352 e. The average Bonchev–Trinajstić information content (AvgIpc) is 3.21. The first-order chi connectivity index (χ1) is 9.54. The average molecular weight is 272 g/mol. The van der Waals surface area contributed by atoms with E-state index in [9.17, 15) is 9.59 Å². The minimum Gasteiger partial charge on any atom is -0.352 e. The Morgan fingerprint density at radius 3 is 2.70 bits per heavy atom. The van der Waals surface area contributed by atoms with Crippen LogP contribution in [0.5, 0.6) is 0 Å². The van der Waals surface area contributed by atoms with Gasteiger partial charge in [0.05, 0.1) is 11.8 Å². The molecule has 0 aromatic heterocycles. The molecule has 0 bridgehead atoms. The molecule has 0 aliphatic heterocycles. The number of amides is 2. The van der Waals surface area contributed by atoms with Gasteiger partial charge in [-0.25, -0.2) is 0 Å². The van der Waals surface area contributed by atoms with Crippen molar-refractivity contribution in [1.29, 1.82) is 0 Å². The fourth-order valence-corrected chi connectivity index (χ4v) is 2.19. The van der Waals surface area contributed by atoms with E-state index in [-0.39, 0.29) is 23.7 Å². The van der Waals surface area contributed by atoms with E-state index in [1.165, 1.54) is 0 Å². The predicted molar refractivity (Wildman–Crippen MR) is 79.3 cm³/mol. The topological polar surface area (TPSA) is 58.2 Å². The molecule has 20 heavy (non-hydrogen) atoms. The molecule has 1 aromatic carbocycles. The van der Waals surface area contributed by atoms with Gasteiger partial charge in [0.2, 0.25) is 11.8 Å². The Bertz CT molecular complexity index is 551. The van der Waals surface area contributed by atoms with Gasteiger partial charge in [0.25, 0.3) is 0 Å². The molecule has 2 rings (SSSR count). The highest BCUT2D eigenvalue weighted by atomic mass is 16.2. The third-order valence-corrected chi connectivity index (χ3v) is 3.75. The second kappa shape index (κ2) is 5.90. The van der Waals surface area contributed by atoms with Gasteiger partial charge in [-0.05, 0) is 37.5 Å². The molecule has 2 unspecified atom stereocenters. The highest BCUT2D eigenvalue weighted by Crippen LogP contribution is 2.39. The maximum absolute atomic E-state index is 12.1. The summed E-state index contributed by atoms with van der Waals surface area (Å²) in [5, 5.41) is 5.64. The molecule has 1 fully saturated rings. The molecule has 1 aliphatic rings. The zero-order valence-electron chi connectivity index (χ0n) is 11.9. The quantitative estimate of drug-likeness (QED) is 0.807. The number of nitrogens with one attached hydrogen (secondary N) is 2. The molecule has 1 aromatic rings. The molecule has 0 saturated heterocycles. The Morgan fingerprint density at radius 1 is 1.30 bits per heavy atom. The number of benzene rings is 1. The van der Waals surface area contributed by atoms with Crippen LogP contribution in [-0.4, -0.2) is 18.4 Å². The highest BCUT2D eigenvalue weighted by molar-refractivity contribution is 6.00. The van der Waals surface area contributed by atoms with Crippen LogP contribution < -0.4 is 10.6 Å². The van der Waals surface area contributed by atoms with Crippen molar-refractivity contribution in [3.8, 4) is 0 Å². The van der Waals surface area contributed by atoms with Gasteiger partial charge in [0.15, 0.2) is 0 Å². The van der Waals surface area contributed by atoms with E-state index in [1.54, 1.807) is 6.08 Å². The van der Waals surface area contributed by atoms with Crippen LogP contribution in [0.4, 0.5) is 5.69 Å². The van der Waals surface area contributed by atoms with Gasteiger partial charge in [-0.15, -0.1) is 6.58 Å². The number of rotatable bonds is 5. The fraction of sp³-hybridized carbons (Fsp3) is 0.375. The zero-order chi connectivity index (χ0) is 14.7. The maximum Gasteiger partial charge on any atom is 0.228 e. The Labute approximate surface area is 119 Å². The first-order valence-corrected chi connectivity index (χ1v) is 6.80. The summed E-state index contributed by atoms with van der Waals surface area (Å²) < 4.78 is 0. The smallest absolute Gasteiger partial charge is 0.228 e. The molecule has 106 valence electrons. The Morgan fingerprint density at radius 2 is 2.00 bits per heavy atom. The molecule has 2 amide bonds. The van der Waals surface area contributed by atoms with E-state index in [0.717, 1.165) is 16.8 Å². The standard InChI is InChI=1S/C16H20N2O2/c1-4-8-17-15(19)12-9-13(12)16(20)18-14-7-5-6-10(2)11(14)3/h4-7,12-13H,1,8-9H2,2-3H3,(H,17,19)(H,18,20). The summed E-state index contributed by atoms with van der Waals surface area (Å²) in [4.78, 5) is 23.8. The molecule has 2 atom stereocenters. The van der Waals surface area contributed by atoms with Crippen LogP contribution in [0.3, 0.4) is 0 Å². The summed E-state index contributed by atoms with van der Waals surface area (Å²) >= 11 is 0. The number of carbonyl (C=O) groups excluding carboxylic acids is 2. The monoisotopic (exact) mass is 272 g/mol. The van der Waals surface area contributed by atoms with Crippen molar-refractivity contribution in [2.75, 3.05) is 11.9 Å². The molecule has 0 radical (unpaired) electrons. The minimum atomic E-state index is -0.209. The lowest BCUT2D eigenvalue weighted by atomic mass is 10.1. The number of hydrogen-bond donors (Lipinski definition) is 2. The normalized spacial score (nSPS) is 20.1. The molecule has 1 saturated carbocycles. The second-order valence-electron chi connectivity index (χ2n) is 5.22. The second-order valence-corrected chi connectivity index (χ2v) is 5.22. The van der Waals surface area contributed by atoms with Crippen LogP contribution in [0.2, 0.25) is 0 Å². The van der Waals surface area contributed by atoms with E-state index in [2.05, 4.69) is 17.2 Å². The molecular formula is C16H20N2O2. The van der Waals surface area contributed by atoms with Crippen molar-refractivity contribution in [2.45, 2.75) is 20.3 Å². The number of carbonyl (C=O) groups is 2. The fourth-order valence-electron chi connectivity index (χ4n) is 2.19. The molecule has 4 nitrogen and oxygen atoms in total. The number of hydrogen-bond acceptors (Lipinski definition) is 2. The first-order valence-electron chi connectivity index (χ1n) is 6.80. The lowest BCUT2D eigenvalue weighted by Gasteiger charge is -2.10. The van der Waals surface area contributed by atoms with E-state index >= 15 is 0 Å². The van der Waals surface area contributed by atoms with Gasteiger partial charge in [0.1, 0.15) is 0 Å². The summed E-state index contributed by atoms with van der Waals surface area (Å²) in [6.45, 7) is 7.98. The van der Waals surface area contributed by atoms with Crippen LogP contribution in [0, 0.1) is 25.7 Å². The SMILES string of the molecule is C=CCNC(=O)C1CC1C(=O)Nc1cccc(C)c1C. The van der Waals surface area contributed by atoms with Crippen molar-refractivity contribution in [2.24, 2.45) is 11.8 Å². The van der Waals surface area contributed by atoms with Crippen LogP contribution in [0.15, 0.2) is 30.9 Å². The van der Waals surface area contributed by atoms with Crippen LogP contribution in [-0.2, 0) is 9.59 Å². The summed E-state index contributed by atoms with van der Waals surface area (Å²) in [7, 11) is 0. The molecule has 0 spiro atoms. The highest BCUT2D eigenvalue weighted by Gasteiger charge is 2.47. The van der Waals surface area contributed by atoms with Crippen molar-refractivity contribution in [1.82, 2.24) is 5.32 Å². The van der Waals surface area contributed by atoms with Crippen molar-refractivity contribution >= 4 is 17.5 Å². The Hall–Kier alpha value is -2.10. The lowest BCUT2D eigenvalue weighted by molar-refractivity contribution is -0.125. The number of anilines is 1. The van der Waals surface area contributed by atoms with Gasteiger partial charge < -0.3 is 10.6 Å². The number of aryl methyl sites for hydroxylation is 1. The van der Waals surface area contributed by atoms with Crippen molar-refractivity contribution in [3.05, 3.63) is 42.0 Å². The Balaban J connectivity index is 1.93.